The van der Waals surface area contributed by atoms with Gasteiger partial charge in [-0.05, 0) is 0 Å². The van der Waals surface area contributed by atoms with Crippen molar-refractivity contribution in [3.63, 3.8) is 0 Å². The Bertz CT molecular complexity index is 243. The maximum atomic E-state index is 10.1. The van der Waals surface area contributed by atoms with Gasteiger partial charge in [-0.3, -0.25) is 0 Å². The molecule has 12 heavy (non-hydrogen) atoms. The quantitative estimate of drug-likeness (QED) is 0.693. The summed E-state index contributed by atoms with van der Waals surface area (Å²) in [5.41, 5.74) is -0.191. The molecule has 5 nitrogen and oxygen atoms in total. The van der Waals surface area contributed by atoms with Crippen LogP contribution in [0, 0.1) is 0 Å². The lowest BCUT2D eigenvalue weighted by Gasteiger charge is -1.80. The molecular weight excluding hydrogens is 162 g/mol. The van der Waals surface area contributed by atoms with E-state index < -0.39 is 5.97 Å². The average molecular weight is 173 g/mol. The van der Waals surface area contributed by atoms with E-state index in [1.807, 2.05) is 13.8 Å². The SMILES string of the molecule is CC.O=C(O)c1coc(CO)n1. The molecule has 0 unspecified atom stereocenters. The van der Waals surface area contributed by atoms with Crippen molar-refractivity contribution in [1.82, 2.24) is 4.98 Å². The monoisotopic (exact) mass is 173 g/mol. The fourth-order valence-corrected chi connectivity index (χ4v) is 0.482. The third-order valence-corrected chi connectivity index (χ3v) is 0.906. The lowest BCUT2D eigenvalue weighted by molar-refractivity contribution is 0.0690. The molecular formula is C7H11NO4. The number of hydrogen-bond acceptors (Lipinski definition) is 4. The molecule has 1 aromatic rings. The molecule has 0 aromatic carbocycles. The van der Waals surface area contributed by atoms with Crippen molar-refractivity contribution in [1.29, 1.82) is 0 Å². The summed E-state index contributed by atoms with van der Waals surface area (Å²) in [4.78, 5) is 13.5. The molecule has 0 saturated heterocycles. The number of aliphatic hydroxyl groups is 1. The zero-order valence-corrected chi connectivity index (χ0v) is 6.94. The predicted molar refractivity (Wildman–Crippen MR) is 40.7 cm³/mol. The minimum absolute atomic E-state index is 0.0115. The average Bonchev–Trinajstić information content (AvgIpc) is 2.55. The highest BCUT2D eigenvalue weighted by Gasteiger charge is 2.08. The third kappa shape index (κ3) is 2.71. The Morgan fingerprint density at radius 2 is 2.25 bits per heavy atom. The van der Waals surface area contributed by atoms with Crippen LogP contribution in [0.15, 0.2) is 10.7 Å². The molecule has 0 spiro atoms. The molecule has 0 saturated carbocycles. The maximum Gasteiger partial charge on any atom is 0.357 e. The Labute approximate surface area is 69.7 Å². The van der Waals surface area contributed by atoms with Crippen LogP contribution in [0.1, 0.15) is 30.2 Å². The van der Waals surface area contributed by atoms with Gasteiger partial charge in [0, 0.05) is 0 Å². The number of oxazole rings is 1. The van der Waals surface area contributed by atoms with Gasteiger partial charge in [0.05, 0.1) is 0 Å². The van der Waals surface area contributed by atoms with Gasteiger partial charge in [0.25, 0.3) is 0 Å². The molecule has 0 radical (unpaired) electrons. The molecule has 0 aliphatic rings. The predicted octanol–water partition coefficient (Wildman–Crippen LogP) is 0.891. The topological polar surface area (TPSA) is 83.6 Å². The van der Waals surface area contributed by atoms with Crippen LogP contribution in [0.3, 0.4) is 0 Å². The van der Waals surface area contributed by atoms with E-state index in [-0.39, 0.29) is 18.2 Å². The second kappa shape index (κ2) is 5.31. The van der Waals surface area contributed by atoms with Crippen LogP contribution in [0.5, 0.6) is 0 Å². The van der Waals surface area contributed by atoms with Gasteiger partial charge in [-0.1, -0.05) is 13.8 Å². The number of carboxylic acid groups (broad SMARTS) is 1. The standard InChI is InChI=1S/C5H5NO4.C2H6/c7-1-4-6-3(2-10-4)5(8)9;1-2/h2,7H,1H2,(H,8,9);1-2H3. The Hall–Kier alpha value is -1.36. The number of aromatic carboxylic acids is 1. The summed E-state index contributed by atoms with van der Waals surface area (Å²) in [7, 11) is 0. The molecule has 0 amide bonds. The summed E-state index contributed by atoms with van der Waals surface area (Å²) in [6.45, 7) is 3.62. The van der Waals surface area contributed by atoms with Gasteiger partial charge in [0.1, 0.15) is 12.9 Å². The zero-order valence-electron chi connectivity index (χ0n) is 6.94. The van der Waals surface area contributed by atoms with E-state index in [0.717, 1.165) is 6.26 Å². The van der Waals surface area contributed by atoms with Crippen molar-refractivity contribution in [2.45, 2.75) is 20.5 Å². The Balaban J connectivity index is 0.000000561. The highest BCUT2D eigenvalue weighted by Crippen LogP contribution is 2.00. The summed E-state index contributed by atoms with van der Waals surface area (Å²) in [6, 6.07) is 0. The molecule has 68 valence electrons. The maximum absolute atomic E-state index is 10.1. The summed E-state index contributed by atoms with van der Waals surface area (Å²) >= 11 is 0. The highest BCUT2D eigenvalue weighted by atomic mass is 16.4. The van der Waals surface area contributed by atoms with Gasteiger partial charge >= 0.3 is 5.97 Å². The van der Waals surface area contributed by atoms with Crippen LogP contribution >= 0.6 is 0 Å². The highest BCUT2D eigenvalue weighted by molar-refractivity contribution is 5.84. The number of nitrogens with zero attached hydrogens (tertiary/aromatic N) is 1. The molecule has 0 bridgehead atoms. The number of carboxylic acids is 1. The molecule has 0 fully saturated rings. The second-order valence-electron chi connectivity index (χ2n) is 1.59. The van der Waals surface area contributed by atoms with Gasteiger partial charge in [0.2, 0.25) is 5.89 Å². The number of hydrogen-bond donors (Lipinski definition) is 2. The minimum atomic E-state index is -1.16. The van der Waals surface area contributed by atoms with Crippen molar-refractivity contribution in [3.05, 3.63) is 17.8 Å². The van der Waals surface area contributed by atoms with Crippen LogP contribution in [0.2, 0.25) is 0 Å². The molecule has 0 atom stereocenters. The fourth-order valence-electron chi connectivity index (χ4n) is 0.482. The lowest BCUT2D eigenvalue weighted by atomic mass is 10.5. The van der Waals surface area contributed by atoms with E-state index in [9.17, 15) is 4.79 Å². The molecule has 0 aliphatic carbocycles. The van der Waals surface area contributed by atoms with E-state index in [2.05, 4.69) is 9.40 Å². The summed E-state index contributed by atoms with van der Waals surface area (Å²) in [5.74, 6) is -1.15. The first-order chi connectivity index (χ1) is 5.74. The number of carbonyl (C=O) groups is 1. The molecule has 1 rings (SSSR count). The number of rotatable bonds is 2. The van der Waals surface area contributed by atoms with Crippen LogP contribution in [0.4, 0.5) is 0 Å². The van der Waals surface area contributed by atoms with Gasteiger partial charge in [-0.25, -0.2) is 9.78 Å². The van der Waals surface area contributed by atoms with Gasteiger partial charge in [-0.2, -0.15) is 0 Å². The van der Waals surface area contributed by atoms with Crippen molar-refractivity contribution < 1.29 is 19.4 Å². The fraction of sp³-hybridized carbons (Fsp3) is 0.429. The molecule has 0 aliphatic heterocycles. The first kappa shape index (κ1) is 10.6. The van der Waals surface area contributed by atoms with Crippen LogP contribution in [0.25, 0.3) is 0 Å². The van der Waals surface area contributed by atoms with Crippen molar-refractivity contribution in [2.75, 3.05) is 0 Å². The van der Waals surface area contributed by atoms with E-state index in [1.165, 1.54) is 0 Å². The smallest absolute Gasteiger partial charge is 0.357 e. The van der Waals surface area contributed by atoms with Crippen LogP contribution in [-0.2, 0) is 6.61 Å². The summed E-state index contributed by atoms with van der Waals surface area (Å²) in [5, 5.41) is 16.7. The van der Waals surface area contributed by atoms with Crippen LogP contribution in [-0.4, -0.2) is 21.2 Å². The first-order valence-corrected chi connectivity index (χ1v) is 3.52. The van der Waals surface area contributed by atoms with Gasteiger partial charge < -0.3 is 14.6 Å². The number of aromatic nitrogens is 1. The first-order valence-electron chi connectivity index (χ1n) is 3.52. The molecule has 5 heteroatoms. The number of aliphatic hydroxyl groups excluding tert-OH is 1. The molecule has 1 heterocycles. The Morgan fingerprint density at radius 3 is 2.50 bits per heavy atom. The summed E-state index contributed by atoms with van der Waals surface area (Å²) < 4.78 is 4.53. The van der Waals surface area contributed by atoms with Crippen LogP contribution < -0.4 is 0 Å². The lowest BCUT2D eigenvalue weighted by Crippen LogP contribution is -1.96. The Kier molecular flexibility index (Phi) is 4.71. The largest absolute Gasteiger partial charge is 0.476 e. The van der Waals surface area contributed by atoms with Gasteiger partial charge in [0.15, 0.2) is 5.69 Å². The Morgan fingerprint density at radius 1 is 1.67 bits per heavy atom. The van der Waals surface area contributed by atoms with Crippen molar-refractivity contribution in [3.8, 4) is 0 Å². The molecule has 1 aromatic heterocycles. The van der Waals surface area contributed by atoms with E-state index in [0.29, 0.717) is 0 Å². The second-order valence-corrected chi connectivity index (χ2v) is 1.59. The van der Waals surface area contributed by atoms with E-state index in [1.54, 1.807) is 0 Å². The minimum Gasteiger partial charge on any atom is -0.476 e. The summed E-state index contributed by atoms with van der Waals surface area (Å²) in [6.07, 6.45) is 0.980. The van der Waals surface area contributed by atoms with E-state index in [4.69, 9.17) is 10.2 Å². The normalized spacial score (nSPS) is 8.58. The van der Waals surface area contributed by atoms with Crippen molar-refractivity contribution >= 4 is 5.97 Å². The van der Waals surface area contributed by atoms with E-state index >= 15 is 0 Å². The zero-order chi connectivity index (χ0) is 9.56. The van der Waals surface area contributed by atoms with Crippen molar-refractivity contribution in [2.24, 2.45) is 0 Å². The van der Waals surface area contributed by atoms with Gasteiger partial charge in [-0.15, -0.1) is 0 Å². The molecule has 2 N–H and O–H groups in total. The third-order valence-electron chi connectivity index (χ3n) is 0.906.